The predicted molar refractivity (Wildman–Crippen MR) is 169 cm³/mol. The van der Waals surface area contributed by atoms with E-state index < -0.39 is 12.1 Å². The van der Waals surface area contributed by atoms with E-state index in [1.807, 2.05) is 90.5 Å². The molecule has 2 aliphatic rings. The van der Waals surface area contributed by atoms with Crippen LogP contribution < -0.4 is 10.6 Å². The normalized spacial score (nSPS) is 19.8. The minimum atomic E-state index is -0.392. The van der Waals surface area contributed by atoms with E-state index in [1.54, 1.807) is 6.20 Å². The second-order valence-electron chi connectivity index (χ2n) is 11.5. The lowest BCUT2D eigenvalue weighted by Gasteiger charge is -2.28. The third-order valence-electron chi connectivity index (χ3n) is 8.75. The van der Waals surface area contributed by atoms with Crippen LogP contribution in [-0.2, 0) is 9.59 Å². The molecule has 10 heteroatoms. The molecular weight excluding hydrogens is 552 g/mol. The lowest BCUT2D eigenvalue weighted by molar-refractivity contribution is -0.135. The molecule has 0 bridgehead atoms. The topological polar surface area (TPSA) is 122 Å². The Kier molecular flexibility index (Phi) is 9.18. The summed E-state index contributed by atoms with van der Waals surface area (Å²) in [5.41, 5.74) is 3.47. The van der Waals surface area contributed by atoms with E-state index in [0.717, 1.165) is 59.8 Å². The van der Waals surface area contributed by atoms with Gasteiger partial charge in [0.15, 0.2) is 0 Å². The van der Waals surface area contributed by atoms with Crippen LogP contribution in [0.4, 0.5) is 0 Å². The van der Waals surface area contributed by atoms with E-state index in [4.69, 9.17) is 9.97 Å². The second-order valence-corrected chi connectivity index (χ2v) is 11.5. The van der Waals surface area contributed by atoms with Crippen LogP contribution in [0.25, 0.3) is 11.4 Å². The van der Waals surface area contributed by atoms with Crippen LogP contribution in [0.15, 0.2) is 73.1 Å². The first-order valence-corrected chi connectivity index (χ1v) is 15.9. The van der Waals surface area contributed by atoms with Crippen molar-refractivity contribution >= 4 is 11.8 Å². The summed E-state index contributed by atoms with van der Waals surface area (Å²) in [4.78, 5) is 47.9. The van der Waals surface area contributed by atoms with Crippen molar-refractivity contribution in [2.24, 2.45) is 0 Å². The van der Waals surface area contributed by atoms with Crippen molar-refractivity contribution in [3.05, 3.63) is 95.8 Å². The fraction of sp³-hybridized carbons (Fsp3) is 0.412. The van der Waals surface area contributed by atoms with E-state index in [1.165, 1.54) is 0 Å². The van der Waals surface area contributed by atoms with E-state index in [0.29, 0.717) is 26.2 Å². The highest BCUT2D eigenvalue weighted by atomic mass is 16.2. The maximum absolute atomic E-state index is 13.8. The molecule has 0 unspecified atom stereocenters. The summed E-state index contributed by atoms with van der Waals surface area (Å²) in [6, 6.07) is 18.8. The number of aromatic amines is 2. The average molecular weight is 595 g/mol. The predicted octanol–water partition coefficient (Wildman–Crippen LogP) is 4.83. The number of carbonyl (C=O) groups is 2. The highest BCUT2D eigenvalue weighted by Gasteiger charge is 2.37. The number of nitrogens with zero attached hydrogens (tertiary/aromatic N) is 4. The maximum atomic E-state index is 13.8. The molecule has 0 aliphatic carbocycles. The van der Waals surface area contributed by atoms with Crippen LogP contribution in [0, 0.1) is 0 Å². The monoisotopic (exact) mass is 594 g/mol. The molecule has 230 valence electrons. The Morgan fingerprint density at radius 3 is 1.86 bits per heavy atom. The zero-order valence-electron chi connectivity index (χ0n) is 25.5. The summed E-state index contributed by atoms with van der Waals surface area (Å²) < 4.78 is 0. The van der Waals surface area contributed by atoms with E-state index in [2.05, 4.69) is 20.6 Å². The molecule has 4 aromatic rings. The van der Waals surface area contributed by atoms with E-state index >= 15 is 0 Å². The minimum Gasteiger partial charge on any atom is -0.346 e. The zero-order chi connectivity index (χ0) is 30.5. The quantitative estimate of drug-likeness (QED) is 0.197. The molecule has 2 aliphatic heterocycles. The Morgan fingerprint density at radius 1 is 0.818 bits per heavy atom. The number of H-pyrrole nitrogens is 2. The van der Waals surface area contributed by atoms with Gasteiger partial charge in [-0.25, -0.2) is 9.97 Å². The standard InChI is InChI=1S/C34H42N8O2/c1-3-35-29(23-13-7-5-8-14-23)33(43)41-19-11-17-27(41)31-37-21-25(39-31)26-22-38-32(40-26)28-18-12-20-42(28)34(44)30(36-4-2)24-15-9-6-10-16-24/h5-10,13-16,21-22,27-30,35-36H,3-4,11-12,17-20H2,1-2H3,(H,37,39)(H,38,40)/t27-,28-,29+,30+/m0/s1. The Labute approximate surface area is 258 Å². The van der Waals surface area contributed by atoms with Crippen LogP contribution in [-0.4, -0.2) is 67.7 Å². The van der Waals surface area contributed by atoms with Crippen molar-refractivity contribution in [1.29, 1.82) is 0 Å². The van der Waals surface area contributed by atoms with Gasteiger partial charge in [0.1, 0.15) is 29.4 Å². The number of aromatic nitrogens is 4. The summed E-state index contributed by atoms with van der Waals surface area (Å²) in [6.07, 6.45) is 7.23. The zero-order valence-corrected chi connectivity index (χ0v) is 25.5. The van der Waals surface area contributed by atoms with Gasteiger partial charge in [0.2, 0.25) is 11.8 Å². The number of amides is 2. The van der Waals surface area contributed by atoms with Crippen molar-refractivity contribution in [2.75, 3.05) is 26.2 Å². The molecule has 0 spiro atoms. The van der Waals surface area contributed by atoms with Gasteiger partial charge in [0.05, 0.1) is 24.0 Å². The number of nitrogens with one attached hydrogen (secondary N) is 4. The Morgan fingerprint density at radius 2 is 1.34 bits per heavy atom. The summed E-state index contributed by atoms with van der Waals surface area (Å²) in [5.74, 6) is 1.68. The number of imidazole rings is 2. The Hall–Kier alpha value is -4.28. The van der Waals surface area contributed by atoms with Crippen molar-refractivity contribution in [3.63, 3.8) is 0 Å². The molecule has 4 heterocycles. The lowest BCUT2D eigenvalue weighted by atomic mass is 10.0. The highest BCUT2D eigenvalue weighted by Crippen LogP contribution is 2.36. The van der Waals surface area contributed by atoms with Crippen molar-refractivity contribution in [3.8, 4) is 11.4 Å². The molecule has 2 amide bonds. The highest BCUT2D eigenvalue weighted by molar-refractivity contribution is 5.84. The fourth-order valence-electron chi connectivity index (χ4n) is 6.64. The van der Waals surface area contributed by atoms with Gasteiger partial charge in [-0.05, 0) is 49.9 Å². The van der Waals surface area contributed by atoms with E-state index in [-0.39, 0.29) is 23.9 Å². The molecule has 10 nitrogen and oxygen atoms in total. The molecule has 44 heavy (non-hydrogen) atoms. The van der Waals surface area contributed by atoms with E-state index in [9.17, 15) is 9.59 Å². The van der Waals surface area contributed by atoms with Crippen LogP contribution in [0.2, 0.25) is 0 Å². The Bertz CT molecular complexity index is 1420. The van der Waals surface area contributed by atoms with Gasteiger partial charge >= 0.3 is 0 Å². The van der Waals surface area contributed by atoms with Crippen LogP contribution in [0.3, 0.4) is 0 Å². The molecule has 6 rings (SSSR count). The number of rotatable bonds is 11. The van der Waals surface area contributed by atoms with Crippen molar-refractivity contribution in [2.45, 2.75) is 63.7 Å². The van der Waals surface area contributed by atoms with Crippen molar-refractivity contribution in [1.82, 2.24) is 40.4 Å². The number of likely N-dealkylation sites (tertiary alicyclic amines) is 2. The van der Waals surface area contributed by atoms with Crippen LogP contribution in [0.1, 0.15) is 86.5 Å². The number of hydrogen-bond acceptors (Lipinski definition) is 6. The molecule has 0 radical (unpaired) electrons. The van der Waals surface area contributed by atoms with Gasteiger partial charge in [-0.1, -0.05) is 74.5 Å². The third kappa shape index (κ3) is 6.05. The largest absolute Gasteiger partial charge is 0.346 e. The van der Waals surface area contributed by atoms with Gasteiger partial charge < -0.3 is 30.4 Å². The number of hydrogen-bond donors (Lipinski definition) is 4. The molecule has 2 fully saturated rings. The van der Waals surface area contributed by atoms with Crippen molar-refractivity contribution < 1.29 is 9.59 Å². The first kappa shape index (κ1) is 29.8. The van der Waals surface area contributed by atoms with Gasteiger partial charge in [-0.15, -0.1) is 0 Å². The van der Waals surface area contributed by atoms with Gasteiger partial charge in [-0.2, -0.15) is 0 Å². The average Bonchev–Trinajstić information content (AvgIpc) is 3.88. The molecule has 2 aromatic carbocycles. The first-order chi connectivity index (χ1) is 21.6. The summed E-state index contributed by atoms with van der Waals surface area (Å²) in [5, 5.41) is 6.75. The van der Waals surface area contributed by atoms with Gasteiger partial charge in [0, 0.05) is 19.3 Å². The third-order valence-corrected chi connectivity index (χ3v) is 8.75. The van der Waals surface area contributed by atoms with Crippen LogP contribution in [0.5, 0.6) is 0 Å². The first-order valence-electron chi connectivity index (χ1n) is 15.9. The Balaban J connectivity index is 1.18. The molecular formula is C34H42N8O2. The number of carbonyl (C=O) groups excluding carboxylic acids is 2. The molecule has 4 N–H and O–H groups in total. The smallest absolute Gasteiger partial charge is 0.244 e. The van der Waals surface area contributed by atoms with Gasteiger partial charge in [0.25, 0.3) is 0 Å². The molecule has 2 aromatic heterocycles. The molecule has 2 saturated heterocycles. The van der Waals surface area contributed by atoms with Crippen LogP contribution >= 0.6 is 0 Å². The number of benzene rings is 2. The fourth-order valence-corrected chi connectivity index (χ4v) is 6.64. The minimum absolute atomic E-state index is 0.0675. The number of likely N-dealkylation sites (N-methyl/N-ethyl adjacent to an activating group) is 2. The SMILES string of the molecule is CCN[C@@H](C(=O)N1CCC[C@H]1c1nc(-c2cnc([C@@H]3CCCN3C(=O)[C@H](NCC)c3ccccc3)[nH]2)c[nH]1)c1ccccc1. The summed E-state index contributed by atoms with van der Waals surface area (Å²) in [6.45, 7) is 6.83. The van der Waals surface area contributed by atoms with Gasteiger partial charge in [-0.3, -0.25) is 9.59 Å². The molecule has 4 atom stereocenters. The molecule has 0 saturated carbocycles. The summed E-state index contributed by atoms with van der Waals surface area (Å²) >= 11 is 0. The lowest BCUT2D eigenvalue weighted by Crippen LogP contribution is -2.40. The maximum Gasteiger partial charge on any atom is 0.244 e. The summed E-state index contributed by atoms with van der Waals surface area (Å²) in [7, 11) is 0. The second kappa shape index (κ2) is 13.6.